The number of halogens is 1. The van der Waals surface area contributed by atoms with Gasteiger partial charge in [-0.25, -0.2) is 0 Å². The van der Waals surface area contributed by atoms with Gasteiger partial charge in [0.1, 0.15) is 0 Å². The molecule has 2 rings (SSSR count). The fraction of sp³-hybridized carbons (Fsp3) is 0.500. The normalized spacial score (nSPS) is 19.2. The summed E-state index contributed by atoms with van der Waals surface area (Å²) in [5, 5.41) is 16.1. The maximum Gasteiger partial charge on any atom is 0.0992 e. The summed E-state index contributed by atoms with van der Waals surface area (Å²) in [5.41, 5.74) is 1.52. The molecule has 4 heteroatoms. The molecule has 1 heterocycles. The zero-order chi connectivity index (χ0) is 12.8. The van der Waals surface area contributed by atoms with E-state index in [1.807, 2.05) is 6.07 Å². The van der Waals surface area contributed by atoms with E-state index in [1.54, 1.807) is 12.1 Å². The van der Waals surface area contributed by atoms with Gasteiger partial charge in [-0.15, -0.1) is 0 Å². The van der Waals surface area contributed by atoms with Crippen molar-refractivity contribution in [3.8, 4) is 6.07 Å². The van der Waals surface area contributed by atoms with E-state index in [0.29, 0.717) is 10.6 Å². The summed E-state index contributed by atoms with van der Waals surface area (Å²) in [7, 11) is 0. The molecule has 0 saturated carbocycles. The van der Waals surface area contributed by atoms with Gasteiger partial charge in [-0.1, -0.05) is 11.6 Å². The first-order chi connectivity index (χ1) is 8.79. The van der Waals surface area contributed by atoms with Gasteiger partial charge in [0.25, 0.3) is 0 Å². The first kappa shape index (κ1) is 13.2. The van der Waals surface area contributed by atoms with Crippen LogP contribution in [0.3, 0.4) is 0 Å². The van der Waals surface area contributed by atoms with E-state index in [-0.39, 0.29) is 0 Å². The molecule has 1 aliphatic rings. The molecule has 3 nitrogen and oxygen atoms in total. The van der Waals surface area contributed by atoms with Gasteiger partial charge in [-0.05, 0) is 56.5 Å². The van der Waals surface area contributed by atoms with Crippen molar-refractivity contribution in [3.63, 3.8) is 0 Å². The third kappa shape index (κ3) is 3.63. The Bertz CT molecular complexity index is 433. The molecule has 0 bridgehead atoms. The third-order valence-corrected chi connectivity index (χ3v) is 3.68. The summed E-state index contributed by atoms with van der Waals surface area (Å²) in [5.74, 6) is 0.767. The van der Waals surface area contributed by atoms with Crippen LogP contribution in [0.2, 0.25) is 5.02 Å². The van der Waals surface area contributed by atoms with Gasteiger partial charge in [0.2, 0.25) is 0 Å². The second kappa shape index (κ2) is 6.63. The highest BCUT2D eigenvalue weighted by atomic mass is 35.5. The summed E-state index contributed by atoms with van der Waals surface area (Å²) in [6.07, 6.45) is 3.75. The van der Waals surface area contributed by atoms with Gasteiger partial charge in [0, 0.05) is 6.54 Å². The van der Waals surface area contributed by atoms with E-state index in [4.69, 9.17) is 16.9 Å². The smallest absolute Gasteiger partial charge is 0.0992 e. The van der Waals surface area contributed by atoms with Crippen LogP contribution in [0, 0.1) is 17.2 Å². The van der Waals surface area contributed by atoms with E-state index in [2.05, 4.69) is 16.7 Å². The van der Waals surface area contributed by atoms with E-state index in [9.17, 15) is 0 Å². The lowest BCUT2D eigenvalue weighted by Crippen LogP contribution is -2.30. The van der Waals surface area contributed by atoms with E-state index in [1.165, 1.54) is 12.8 Å². The van der Waals surface area contributed by atoms with Crippen molar-refractivity contribution in [2.45, 2.75) is 19.3 Å². The number of rotatable bonds is 4. The molecular formula is C14H18ClN3. The van der Waals surface area contributed by atoms with Crippen molar-refractivity contribution in [1.29, 1.82) is 5.26 Å². The van der Waals surface area contributed by atoms with Crippen LogP contribution in [0.1, 0.15) is 24.8 Å². The number of piperidine rings is 1. The van der Waals surface area contributed by atoms with Crippen molar-refractivity contribution in [1.82, 2.24) is 5.32 Å². The lowest BCUT2D eigenvalue weighted by atomic mass is 9.96. The lowest BCUT2D eigenvalue weighted by Gasteiger charge is -2.22. The van der Waals surface area contributed by atoms with Crippen LogP contribution in [0.4, 0.5) is 5.69 Å². The minimum atomic E-state index is 0.599. The maximum absolute atomic E-state index is 8.76. The first-order valence-electron chi connectivity index (χ1n) is 6.44. The standard InChI is InChI=1S/C14H18ClN3/c15-13-8-12(9-16)3-4-14(13)18-7-5-11-2-1-6-17-10-11/h3-4,8,11,17-18H,1-2,5-7,10H2. The van der Waals surface area contributed by atoms with Crippen molar-refractivity contribution < 1.29 is 0 Å². The second-order valence-electron chi connectivity index (χ2n) is 4.73. The van der Waals surface area contributed by atoms with Gasteiger partial charge in [-0.3, -0.25) is 0 Å². The van der Waals surface area contributed by atoms with Crippen LogP contribution in [-0.2, 0) is 0 Å². The monoisotopic (exact) mass is 263 g/mol. The molecule has 0 radical (unpaired) electrons. The summed E-state index contributed by atoms with van der Waals surface area (Å²) < 4.78 is 0. The van der Waals surface area contributed by atoms with Crippen LogP contribution in [-0.4, -0.2) is 19.6 Å². The molecule has 0 spiro atoms. The molecule has 2 N–H and O–H groups in total. The Kier molecular flexibility index (Phi) is 4.86. The molecule has 1 saturated heterocycles. The van der Waals surface area contributed by atoms with Crippen LogP contribution in [0.5, 0.6) is 0 Å². The highest BCUT2D eigenvalue weighted by Crippen LogP contribution is 2.23. The average molecular weight is 264 g/mol. The minimum Gasteiger partial charge on any atom is -0.384 e. The third-order valence-electron chi connectivity index (χ3n) is 3.37. The quantitative estimate of drug-likeness (QED) is 0.878. The van der Waals surface area contributed by atoms with Gasteiger partial charge >= 0.3 is 0 Å². The highest BCUT2D eigenvalue weighted by Gasteiger charge is 2.12. The SMILES string of the molecule is N#Cc1ccc(NCCC2CCCNC2)c(Cl)c1. The average Bonchev–Trinajstić information content (AvgIpc) is 2.42. The van der Waals surface area contributed by atoms with Crippen LogP contribution in [0.25, 0.3) is 0 Å². The number of hydrogen-bond acceptors (Lipinski definition) is 3. The van der Waals surface area contributed by atoms with Crippen molar-refractivity contribution >= 4 is 17.3 Å². The Hall–Kier alpha value is -1.24. The minimum absolute atomic E-state index is 0.599. The fourth-order valence-electron chi connectivity index (χ4n) is 2.31. The summed E-state index contributed by atoms with van der Waals surface area (Å²) >= 11 is 6.10. The molecule has 0 amide bonds. The van der Waals surface area contributed by atoms with Gasteiger partial charge in [0.15, 0.2) is 0 Å². The van der Waals surface area contributed by atoms with Crippen LogP contribution in [0.15, 0.2) is 18.2 Å². The van der Waals surface area contributed by atoms with E-state index < -0.39 is 0 Å². The molecule has 1 unspecified atom stereocenters. The number of benzene rings is 1. The van der Waals surface area contributed by atoms with E-state index in [0.717, 1.165) is 37.7 Å². The predicted molar refractivity (Wildman–Crippen MR) is 74.9 cm³/mol. The molecule has 18 heavy (non-hydrogen) atoms. The Morgan fingerprint density at radius 3 is 3.06 bits per heavy atom. The zero-order valence-corrected chi connectivity index (χ0v) is 11.1. The Labute approximate surface area is 113 Å². The number of hydrogen-bond donors (Lipinski definition) is 2. The Balaban J connectivity index is 1.81. The molecule has 1 aromatic rings. The molecule has 1 aromatic carbocycles. The lowest BCUT2D eigenvalue weighted by molar-refractivity contribution is 0.364. The number of nitrogens with zero attached hydrogens (tertiary/aromatic N) is 1. The van der Waals surface area contributed by atoms with E-state index >= 15 is 0 Å². The number of nitriles is 1. The predicted octanol–water partition coefficient (Wildman–Crippen LogP) is 3.01. The number of anilines is 1. The molecular weight excluding hydrogens is 246 g/mol. The van der Waals surface area contributed by atoms with Gasteiger partial charge in [-0.2, -0.15) is 5.26 Å². The fourth-order valence-corrected chi connectivity index (χ4v) is 2.56. The van der Waals surface area contributed by atoms with Crippen molar-refractivity contribution in [2.75, 3.05) is 25.0 Å². The van der Waals surface area contributed by atoms with Gasteiger partial charge < -0.3 is 10.6 Å². The molecule has 0 aliphatic carbocycles. The molecule has 1 aliphatic heterocycles. The largest absolute Gasteiger partial charge is 0.384 e. The molecule has 0 aromatic heterocycles. The highest BCUT2D eigenvalue weighted by molar-refractivity contribution is 6.33. The first-order valence-corrected chi connectivity index (χ1v) is 6.81. The molecule has 96 valence electrons. The Morgan fingerprint density at radius 1 is 1.50 bits per heavy atom. The van der Waals surface area contributed by atoms with Crippen molar-refractivity contribution in [2.24, 2.45) is 5.92 Å². The summed E-state index contributed by atoms with van der Waals surface area (Å²) in [6.45, 7) is 3.21. The molecule has 1 atom stereocenters. The Morgan fingerprint density at radius 2 is 2.39 bits per heavy atom. The summed E-state index contributed by atoms with van der Waals surface area (Å²) in [6, 6.07) is 7.45. The summed E-state index contributed by atoms with van der Waals surface area (Å²) in [4.78, 5) is 0. The second-order valence-corrected chi connectivity index (χ2v) is 5.14. The zero-order valence-electron chi connectivity index (χ0n) is 10.4. The van der Waals surface area contributed by atoms with Crippen LogP contribution < -0.4 is 10.6 Å². The maximum atomic E-state index is 8.76. The van der Waals surface area contributed by atoms with Crippen LogP contribution >= 0.6 is 11.6 Å². The molecule has 1 fully saturated rings. The van der Waals surface area contributed by atoms with Crippen molar-refractivity contribution in [3.05, 3.63) is 28.8 Å². The van der Waals surface area contributed by atoms with Gasteiger partial charge in [0.05, 0.1) is 22.3 Å². The topological polar surface area (TPSA) is 47.9 Å². The number of nitrogens with one attached hydrogen (secondary N) is 2.